The van der Waals surface area contributed by atoms with E-state index in [9.17, 15) is 0 Å². The molecule has 0 aromatic heterocycles. The molecule has 0 radical (unpaired) electrons. The van der Waals surface area contributed by atoms with Crippen LogP contribution in [-0.2, 0) is 17.3 Å². The molecular weight excluding hydrogens is 260 g/mol. The van der Waals surface area contributed by atoms with Crippen LogP contribution in [0.3, 0.4) is 0 Å². The van der Waals surface area contributed by atoms with E-state index >= 15 is 0 Å². The lowest BCUT2D eigenvalue weighted by Gasteiger charge is -2.26. The van der Waals surface area contributed by atoms with Gasteiger partial charge >= 0.3 is 0 Å². The van der Waals surface area contributed by atoms with Crippen LogP contribution in [0.15, 0.2) is 31.4 Å². The zero-order valence-electron chi connectivity index (χ0n) is 14.4. The van der Waals surface area contributed by atoms with E-state index in [2.05, 4.69) is 92.5 Å². The summed E-state index contributed by atoms with van der Waals surface area (Å²) in [5.41, 5.74) is 4.68. The maximum Gasteiger partial charge on any atom is 0.00288 e. The molecule has 20 heavy (non-hydrogen) atoms. The molecule has 0 amide bonds. The zero-order chi connectivity index (χ0) is 16.1. The molecule has 1 aromatic rings. The summed E-state index contributed by atoms with van der Waals surface area (Å²) in [6.45, 7) is 21.8. The normalized spacial score (nSPS) is 13.4. The van der Waals surface area contributed by atoms with Gasteiger partial charge in [-0.15, -0.1) is 13.2 Å². The van der Waals surface area contributed by atoms with Gasteiger partial charge in [0, 0.05) is 5.25 Å². The monoisotopic (exact) mass is 292 g/mol. The lowest BCUT2D eigenvalue weighted by Crippen LogP contribution is -2.17. The van der Waals surface area contributed by atoms with Crippen molar-refractivity contribution >= 4 is 12.6 Å². The third-order valence-electron chi connectivity index (χ3n) is 3.26. The summed E-state index contributed by atoms with van der Waals surface area (Å²) in [5, 5.41) is 0.410. The average Bonchev–Trinajstić information content (AvgIpc) is 2.28. The van der Waals surface area contributed by atoms with E-state index in [1.807, 2.05) is 0 Å². The van der Waals surface area contributed by atoms with Crippen LogP contribution in [0.25, 0.3) is 0 Å². The first-order valence-electron chi connectivity index (χ1n) is 7.33. The van der Waals surface area contributed by atoms with E-state index in [4.69, 9.17) is 0 Å². The summed E-state index contributed by atoms with van der Waals surface area (Å²) in [7, 11) is 0. The van der Waals surface area contributed by atoms with Crippen molar-refractivity contribution in [1.29, 1.82) is 0 Å². The van der Waals surface area contributed by atoms with Gasteiger partial charge in [0.1, 0.15) is 0 Å². The molecule has 0 N–H and O–H groups in total. The van der Waals surface area contributed by atoms with E-state index in [0.717, 1.165) is 6.42 Å². The van der Waals surface area contributed by atoms with Crippen LogP contribution in [0.2, 0.25) is 0 Å². The third-order valence-corrected chi connectivity index (χ3v) is 3.44. The van der Waals surface area contributed by atoms with Gasteiger partial charge in [0.25, 0.3) is 0 Å². The second kappa shape index (κ2) is 7.36. The predicted octanol–water partition coefficient (Wildman–Crippen LogP) is 5.94. The van der Waals surface area contributed by atoms with Crippen molar-refractivity contribution in [3.8, 4) is 0 Å². The highest BCUT2D eigenvalue weighted by atomic mass is 32.1. The molecule has 114 valence electrons. The predicted molar refractivity (Wildman–Crippen MR) is 97.2 cm³/mol. The first-order chi connectivity index (χ1) is 9.00. The van der Waals surface area contributed by atoms with E-state index < -0.39 is 0 Å². The Bertz CT molecular complexity index is 384. The lowest BCUT2D eigenvalue weighted by atomic mass is 9.79. The summed E-state index contributed by atoms with van der Waals surface area (Å²) in [4.78, 5) is 0. The Morgan fingerprint density at radius 2 is 1.25 bits per heavy atom. The molecule has 0 aliphatic rings. The molecule has 0 heterocycles. The second-order valence-corrected chi connectivity index (χ2v) is 8.35. The standard InChI is InChI=1S/C17H28S.C2H4/c1-12(18)8-13-9-14(16(2,3)4)11-15(10-13)17(5,6)7;1-2/h9-12,18H,8H2,1-7H3;1-2H2. The van der Waals surface area contributed by atoms with Crippen molar-refractivity contribution in [1.82, 2.24) is 0 Å². The van der Waals surface area contributed by atoms with Crippen LogP contribution in [0.4, 0.5) is 0 Å². The molecule has 0 fully saturated rings. The minimum absolute atomic E-state index is 0.204. The molecule has 1 heteroatoms. The van der Waals surface area contributed by atoms with E-state index in [1.54, 1.807) is 0 Å². The van der Waals surface area contributed by atoms with Crippen molar-refractivity contribution < 1.29 is 0 Å². The fourth-order valence-electron chi connectivity index (χ4n) is 2.02. The third kappa shape index (κ3) is 6.17. The lowest BCUT2D eigenvalue weighted by molar-refractivity contribution is 0.566. The van der Waals surface area contributed by atoms with Crippen LogP contribution in [0, 0.1) is 0 Å². The Morgan fingerprint density at radius 1 is 0.900 bits per heavy atom. The smallest absolute Gasteiger partial charge is 0.00288 e. The average molecular weight is 293 g/mol. The number of benzene rings is 1. The minimum atomic E-state index is 0.204. The zero-order valence-corrected chi connectivity index (χ0v) is 15.3. The number of rotatable bonds is 2. The van der Waals surface area contributed by atoms with Crippen molar-refractivity contribution in [2.24, 2.45) is 0 Å². The van der Waals surface area contributed by atoms with E-state index in [-0.39, 0.29) is 10.8 Å². The first kappa shape index (κ1) is 19.3. The van der Waals surface area contributed by atoms with Crippen LogP contribution in [0.1, 0.15) is 65.2 Å². The van der Waals surface area contributed by atoms with Gasteiger partial charge in [0.05, 0.1) is 0 Å². The molecule has 1 aromatic carbocycles. The van der Waals surface area contributed by atoms with Gasteiger partial charge in [-0.3, -0.25) is 0 Å². The van der Waals surface area contributed by atoms with Crippen LogP contribution in [-0.4, -0.2) is 5.25 Å². The van der Waals surface area contributed by atoms with Crippen LogP contribution in [0.5, 0.6) is 0 Å². The molecule has 1 rings (SSSR count). The van der Waals surface area contributed by atoms with Gasteiger partial charge < -0.3 is 0 Å². The SMILES string of the molecule is C=C.CC(S)Cc1cc(C(C)(C)C)cc(C(C)(C)C)c1. The molecule has 0 saturated heterocycles. The first-order valence-corrected chi connectivity index (χ1v) is 7.85. The summed E-state index contributed by atoms with van der Waals surface area (Å²) < 4.78 is 0. The molecule has 0 saturated carbocycles. The minimum Gasteiger partial charge on any atom is -0.176 e. The molecule has 0 aliphatic carbocycles. The maximum absolute atomic E-state index is 4.52. The van der Waals surface area contributed by atoms with E-state index in [0.29, 0.717) is 5.25 Å². The fraction of sp³-hybridized carbons (Fsp3) is 0.579. The van der Waals surface area contributed by atoms with Crippen molar-refractivity contribution in [3.05, 3.63) is 48.0 Å². The Kier molecular flexibility index (Phi) is 7.10. The number of hydrogen-bond donors (Lipinski definition) is 1. The molecule has 0 spiro atoms. The highest BCUT2D eigenvalue weighted by molar-refractivity contribution is 7.80. The Hall–Kier alpha value is -0.690. The van der Waals surface area contributed by atoms with Gasteiger partial charge in [0.15, 0.2) is 0 Å². The quantitative estimate of drug-likeness (QED) is 0.506. The molecule has 1 atom stereocenters. The molecule has 0 bridgehead atoms. The van der Waals surface area contributed by atoms with Crippen LogP contribution >= 0.6 is 12.6 Å². The molecule has 1 unspecified atom stereocenters. The van der Waals surface area contributed by atoms with Gasteiger partial charge in [-0.2, -0.15) is 12.6 Å². The van der Waals surface area contributed by atoms with E-state index in [1.165, 1.54) is 16.7 Å². The topological polar surface area (TPSA) is 0 Å². The van der Waals surface area contributed by atoms with Crippen molar-refractivity contribution in [2.75, 3.05) is 0 Å². The number of thiol groups is 1. The fourth-order valence-corrected chi connectivity index (χ4v) is 2.23. The maximum atomic E-state index is 4.52. The summed E-state index contributed by atoms with van der Waals surface area (Å²) in [6, 6.07) is 7.07. The Morgan fingerprint density at radius 3 is 1.50 bits per heavy atom. The molecule has 0 aliphatic heterocycles. The highest BCUT2D eigenvalue weighted by Gasteiger charge is 2.20. The van der Waals surface area contributed by atoms with Gasteiger partial charge in [-0.05, 0) is 33.9 Å². The Labute approximate surface area is 132 Å². The van der Waals surface area contributed by atoms with Gasteiger partial charge in [-0.1, -0.05) is 66.7 Å². The second-order valence-electron chi connectivity index (χ2n) is 7.47. The largest absolute Gasteiger partial charge is 0.176 e. The molecule has 0 nitrogen and oxygen atoms in total. The van der Waals surface area contributed by atoms with Crippen molar-refractivity contribution in [3.63, 3.8) is 0 Å². The number of hydrogen-bond acceptors (Lipinski definition) is 1. The van der Waals surface area contributed by atoms with Gasteiger partial charge in [0.2, 0.25) is 0 Å². The summed E-state index contributed by atoms with van der Waals surface area (Å²) >= 11 is 4.52. The van der Waals surface area contributed by atoms with Gasteiger partial charge in [-0.25, -0.2) is 0 Å². The van der Waals surface area contributed by atoms with Crippen molar-refractivity contribution in [2.45, 2.75) is 71.0 Å². The van der Waals surface area contributed by atoms with Crippen LogP contribution < -0.4 is 0 Å². The Balaban J connectivity index is 0.00000172. The summed E-state index contributed by atoms with van der Waals surface area (Å²) in [5.74, 6) is 0. The highest BCUT2D eigenvalue weighted by Crippen LogP contribution is 2.30. The summed E-state index contributed by atoms with van der Waals surface area (Å²) in [6.07, 6.45) is 1.04. The molecular formula is C19H32S.